The number of nitrogens with two attached hydrogens (primary N) is 1. The lowest BCUT2D eigenvalue weighted by Crippen LogP contribution is -2.11. The Balaban J connectivity index is 0.00000210. The molecule has 0 saturated heterocycles. The summed E-state index contributed by atoms with van der Waals surface area (Å²) in [6.07, 6.45) is 1.04. The minimum absolute atomic E-state index is 0. The zero-order chi connectivity index (χ0) is 17.9. The lowest BCUT2D eigenvalue weighted by atomic mass is 10.1. The van der Waals surface area contributed by atoms with Gasteiger partial charge in [-0.25, -0.2) is 0 Å². The number of ether oxygens (including phenoxy) is 1. The maximum Gasteiger partial charge on any atom is 0.255 e. The molecule has 0 spiro atoms. The predicted molar refractivity (Wildman–Crippen MR) is 110 cm³/mol. The Morgan fingerprint density at radius 1 is 0.926 bits per heavy atom. The maximum absolute atomic E-state index is 12.5. The van der Waals surface area contributed by atoms with E-state index in [9.17, 15) is 4.79 Å². The Labute approximate surface area is 164 Å². The van der Waals surface area contributed by atoms with Crippen molar-refractivity contribution in [2.45, 2.75) is 18.4 Å². The van der Waals surface area contributed by atoms with Crippen molar-refractivity contribution in [1.29, 1.82) is 0 Å². The summed E-state index contributed by atoms with van der Waals surface area (Å²) >= 11 is 0. The number of carbonyl (C=O) groups is 1. The monoisotopic (exact) mass is 380 g/mol. The standard InChI is InChI=1S/C22H20N2O2.ClH/c23-21-14-20(21)15-9-11-17(12-10-15)24-22(25)16-5-4-8-19(13-16)26-18-6-2-1-3-7-18;/h1-13,20-21H,14,23H2,(H,24,25);1H. The van der Waals surface area contributed by atoms with Crippen molar-refractivity contribution < 1.29 is 9.53 Å². The summed E-state index contributed by atoms with van der Waals surface area (Å²) in [6, 6.07) is 24.8. The van der Waals surface area contributed by atoms with Gasteiger partial charge < -0.3 is 15.8 Å². The molecule has 0 bridgehead atoms. The molecule has 0 aliphatic heterocycles. The smallest absolute Gasteiger partial charge is 0.255 e. The molecule has 2 atom stereocenters. The molecule has 0 heterocycles. The predicted octanol–water partition coefficient (Wildman–Crippen LogP) is 4.97. The normalized spacial score (nSPS) is 17.5. The van der Waals surface area contributed by atoms with E-state index in [1.807, 2.05) is 66.7 Å². The van der Waals surface area contributed by atoms with E-state index in [-0.39, 0.29) is 24.4 Å². The number of hydrogen-bond acceptors (Lipinski definition) is 3. The number of para-hydroxylation sites is 1. The zero-order valence-corrected chi connectivity index (χ0v) is 15.5. The highest BCUT2D eigenvalue weighted by Crippen LogP contribution is 2.39. The van der Waals surface area contributed by atoms with E-state index in [1.165, 1.54) is 5.56 Å². The first-order valence-electron chi connectivity index (χ1n) is 8.69. The SMILES string of the molecule is Cl.NC1CC1c1ccc(NC(=O)c2cccc(Oc3ccccc3)c2)cc1. The molecular weight excluding hydrogens is 360 g/mol. The third kappa shape index (κ3) is 4.67. The summed E-state index contributed by atoms with van der Waals surface area (Å²) in [5, 5.41) is 2.92. The van der Waals surface area contributed by atoms with E-state index in [1.54, 1.807) is 12.1 Å². The van der Waals surface area contributed by atoms with Gasteiger partial charge in [0.1, 0.15) is 11.5 Å². The molecule has 1 saturated carbocycles. The van der Waals surface area contributed by atoms with Crippen molar-refractivity contribution in [1.82, 2.24) is 0 Å². The first-order chi connectivity index (χ1) is 12.7. The number of hydrogen-bond donors (Lipinski definition) is 2. The van der Waals surface area contributed by atoms with Gasteiger partial charge in [0.2, 0.25) is 0 Å². The topological polar surface area (TPSA) is 64.3 Å². The van der Waals surface area contributed by atoms with Crippen LogP contribution in [0, 0.1) is 0 Å². The van der Waals surface area contributed by atoms with Gasteiger partial charge in [0.25, 0.3) is 5.91 Å². The van der Waals surface area contributed by atoms with Gasteiger partial charge in [-0.3, -0.25) is 4.79 Å². The molecule has 1 aliphatic rings. The van der Waals surface area contributed by atoms with Crippen LogP contribution in [0.4, 0.5) is 5.69 Å². The molecule has 2 unspecified atom stereocenters. The number of nitrogens with one attached hydrogen (secondary N) is 1. The third-order valence-electron chi connectivity index (χ3n) is 4.51. The second kappa shape index (κ2) is 8.25. The average Bonchev–Trinajstić information content (AvgIpc) is 3.40. The fraction of sp³-hybridized carbons (Fsp3) is 0.136. The quantitative estimate of drug-likeness (QED) is 0.657. The summed E-state index contributed by atoms with van der Waals surface area (Å²) in [4.78, 5) is 12.5. The van der Waals surface area contributed by atoms with Crippen LogP contribution in [0.2, 0.25) is 0 Å². The van der Waals surface area contributed by atoms with Crippen molar-refractivity contribution in [2.24, 2.45) is 5.73 Å². The molecule has 1 aliphatic carbocycles. The molecule has 4 nitrogen and oxygen atoms in total. The van der Waals surface area contributed by atoms with Gasteiger partial charge in [0.15, 0.2) is 0 Å². The Bertz CT molecular complexity index is 913. The lowest BCUT2D eigenvalue weighted by Gasteiger charge is -2.09. The molecule has 0 aromatic heterocycles. The van der Waals surface area contributed by atoms with Crippen LogP contribution in [0.3, 0.4) is 0 Å². The van der Waals surface area contributed by atoms with Crippen LogP contribution in [-0.2, 0) is 0 Å². The van der Waals surface area contributed by atoms with E-state index < -0.39 is 0 Å². The number of rotatable bonds is 5. The minimum atomic E-state index is -0.167. The summed E-state index contributed by atoms with van der Waals surface area (Å²) in [5.74, 6) is 1.66. The average molecular weight is 381 g/mol. The molecule has 0 radical (unpaired) electrons. The van der Waals surface area contributed by atoms with Gasteiger partial charge in [-0.05, 0) is 54.4 Å². The molecule has 3 aromatic rings. The van der Waals surface area contributed by atoms with E-state index in [2.05, 4.69) is 5.32 Å². The Kier molecular flexibility index (Phi) is 5.79. The highest BCUT2D eigenvalue weighted by Gasteiger charge is 2.34. The number of carbonyl (C=O) groups excluding carboxylic acids is 1. The second-order valence-corrected chi connectivity index (χ2v) is 6.53. The fourth-order valence-corrected chi connectivity index (χ4v) is 2.94. The van der Waals surface area contributed by atoms with Crippen molar-refractivity contribution in [2.75, 3.05) is 5.32 Å². The molecule has 3 N–H and O–H groups in total. The van der Waals surface area contributed by atoms with Crippen LogP contribution in [0.25, 0.3) is 0 Å². The number of anilines is 1. The summed E-state index contributed by atoms with van der Waals surface area (Å²) in [7, 11) is 0. The van der Waals surface area contributed by atoms with Gasteiger partial charge >= 0.3 is 0 Å². The van der Waals surface area contributed by atoms with Crippen LogP contribution in [0.5, 0.6) is 11.5 Å². The summed E-state index contributed by atoms with van der Waals surface area (Å²) < 4.78 is 5.79. The van der Waals surface area contributed by atoms with Gasteiger partial charge in [-0.1, -0.05) is 36.4 Å². The molecule has 27 heavy (non-hydrogen) atoms. The van der Waals surface area contributed by atoms with Crippen molar-refractivity contribution in [3.63, 3.8) is 0 Å². The first-order valence-corrected chi connectivity index (χ1v) is 8.69. The van der Waals surface area contributed by atoms with Gasteiger partial charge in [0, 0.05) is 23.2 Å². The number of benzene rings is 3. The van der Waals surface area contributed by atoms with E-state index in [0.717, 1.165) is 17.9 Å². The Morgan fingerprint density at radius 3 is 2.26 bits per heavy atom. The molecule has 1 fully saturated rings. The number of amides is 1. The van der Waals surface area contributed by atoms with E-state index in [4.69, 9.17) is 10.5 Å². The fourth-order valence-electron chi connectivity index (χ4n) is 2.94. The molecule has 4 rings (SSSR count). The second-order valence-electron chi connectivity index (χ2n) is 6.53. The van der Waals surface area contributed by atoms with Crippen LogP contribution in [0.1, 0.15) is 28.3 Å². The van der Waals surface area contributed by atoms with Gasteiger partial charge in [-0.15, -0.1) is 12.4 Å². The number of halogens is 1. The maximum atomic E-state index is 12.5. The Hall–Kier alpha value is -2.82. The third-order valence-corrected chi connectivity index (χ3v) is 4.51. The zero-order valence-electron chi connectivity index (χ0n) is 14.7. The molecule has 3 aromatic carbocycles. The molecule has 1 amide bonds. The summed E-state index contributed by atoms with van der Waals surface area (Å²) in [6.45, 7) is 0. The molecule has 138 valence electrons. The van der Waals surface area contributed by atoms with Crippen LogP contribution < -0.4 is 15.8 Å². The van der Waals surface area contributed by atoms with Crippen molar-refractivity contribution in [3.05, 3.63) is 90.0 Å². The van der Waals surface area contributed by atoms with Crippen LogP contribution in [0.15, 0.2) is 78.9 Å². The van der Waals surface area contributed by atoms with E-state index >= 15 is 0 Å². The largest absolute Gasteiger partial charge is 0.457 e. The van der Waals surface area contributed by atoms with Crippen molar-refractivity contribution >= 4 is 24.0 Å². The molecule has 5 heteroatoms. The van der Waals surface area contributed by atoms with E-state index in [0.29, 0.717) is 17.2 Å². The van der Waals surface area contributed by atoms with Gasteiger partial charge in [0.05, 0.1) is 0 Å². The van der Waals surface area contributed by atoms with Crippen LogP contribution in [-0.4, -0.2) is 11.9 Å². The van der Waals surface area contributed by atoms with Gasteiger partial charge in [-0.2, -0.15) is 0 Å². The van der Waals surface area contributed by atoms with Crippen LogP contribution >= 0.6 is 12.4 Å². The highest BCUT2D eigenvalue weighted by molar-refractivity contribution is 6.04. The first kappa shape index (κ1) is 19.0. The highest BCUT2D eigenvalue weighted by atomic mass is 35.5. The minimum Gasteiger partial charge on any atom is -0.457 e. The lowest BCUT2D eigenvalue weighted by molar-refractivity contribution is 0.102. The Morgan fingerprint density at radius 2 is 1.59 bits per heavy atom. The van der Waals surface area contributed by atoms with Crippen molar-refractivity contribution in [3.8, 4) is 11.5 Å². The summed E-state index contributed by atoms with van der Waals surface area (Å²) in [5.41, 5.74) is 8.43. The molecular formula is C22H21ClN2O2.